The lowest BCUT2D eigenvalue weighted by atomic mass is 10.1. The van der Waals surface area contributed by atoms with E-state index in [4.69, 9.17) is 23.2 Å². The molecule has 1 aromatic rings. The molecule has 0 fully saturated rings. The van der Waals surface area contributed by atoms with Crippen molar-refractivity contribution in [3.05, 3.63) is 33.8 Å². The van der Waals surface area contributed by atoms with E-state index in [2.05, 4.69) is 19.2 Å². The van der Waals surface area contributed by atoms with Crippen LogP contribution < -0.4 is 5.32 Å². The summed E-state index contributed by atoms with van der Waals surface area (Å²) in [4.78, 5) is 11.7. The summed E-state index contributed by atoms with van der Waals surface area (Å²) in [7, 11) is 0. The number of amides is 1. The summed E-state index contributed by atoms with van der Waals surface area (Å²) < 4.78 is 0. The van der Waals surface area contributed by atoms with Crippen LogP contribution in [0.2, 0.25) is 10.0 Å². The Bertz CT molecular complexity index is 403. The molecule has 0 atom stereocenters. The Kier molecular flexibility index (Phi) is 6.51. The van der Waals surface area contributed by atoms with Crippen LogP contribution in [0.15, 0.2) is 18.2 Å². The largest absolute Gasteiger partial charge is 0.353 e. The van der Waals surface area contributed by atoms with Crippen molar-refractivity contribution in [1.29, 1.82) is 0 Å². The zero-order chi connectivity index (χ0) is 13.5. The maximum atomic E-state index is 11.7. The van der Waals surface area contributed by atoms with Crippen molar-refractivity contribution in [2.24, 2.45) is 0 Å². The van der Waals surface area contributed by atoms with Crippen LogP contribution in [-0.4, -0.2) is 11.9 Å². The second-order valence-corrected chi connectivity index (χ2v) is 5.14. The molecule has 1 amide bonds. The molecule has 2 nitrogen and oxygen atoms in total. The zero-order valence-electron chi connectivity index (χ0n) is 10.8. The molecular formula is C14H19Cl2NO. The van der Waals surface area contributed by atoms with Gasteiger partial charge in [-0.05, 0) is 37.0 Å². The van der Waals surface area contributed by atoms with Gasteiger partial charge < -0.3 is 5.32 Å². The van der Waals surface area contributed by atoms with Gasteiger partial charge in [0.15, 0.2) is 0 Å². The maximum Gasteiger partial charge on any atom is 0.220 e. The van der Waals surface area contributed by atoms with Crippen molar-refractivity contribution >= 4 is 29.1 Å². The molecule has 1 N–H and O–H groups in total. The van der Waals surface area contributed by atoms with Gasteiger partial charge in [0.2, 0.25) is 5.91 Å². The molecule has 0 spiro atoms. The van der Waals surface area contributed by atoms with Crippen LogP contribution in [0.5, 0.6) is 0 Å². The molecule has 4 heteroatoms. The highest BCUT2D eigenvalue weighted by Crippen LogP contribution is 2.23. The first-order chi connectivity index (χ1) is 8.56. The fourth-order valence-corrected chi connectivity index (χ4v) is 2.07. The van der Waals surface area contributed by atoms with Crippen LogP contribution in [0.4, 0.5) is 0 Å². The Morgan fingerprint density at radius 3 is 2.44 bits per heavy atom. The van der Waals surface area contributed by atoms with Crippen LogP contribution in [0.1, 0.15) is 38.7 Å². The SMILES string of the molecule is CCC(CC)NC(=O)CCc1ccc(Cl)c(Cl)c1. The van der Waals surface area contributed by atoms with Crippen LogP contribution >= 0.6 is 23.2 Å². The normalized spacial score (nSPS) is 10.7. The predicted molar refractivity (Wildman–Crippen MR) is 77.3 cm³/mol. The summed E-state index contributed by atoms with van der Waals surface area (Å²) in [5, 5.41) is 4.09. The summed E-state index contributed by atoms with van der Waals surface area (Å²) in [5.41, 5.74) is 1.03. The van der Waals surface area contributed by atoms with E-state index in [1.807, 2.05) is 12.1 Å². The highest BCUT2D eigenvalue weighted by Gasteiger charge is 2.08. The molecule has 18 heavy (non-hydrogen) atoms. The van der Waals surface area contributed by atoms with Crippen molar-refractivity contribution in [3.8, 4) is 0 Å². The Labute approximate surface area is 119 Å². The van der Waals surface area contributed by atoms with E-state index in [0.29, 0.717) is 22.9 Å². The fourth-order valence-electron chi connectivity index (χ4n) is 1.75. The standard InChI is InChI=1S/C14H19Cl2NO/c1-3-11(4-2)17-14(18)8-6-10-5-7-12(15)13(16)9-10/h5,7,9,11H,3-4,6,8H2,1-2H3,(H,17,18). The van der Waals surface area contributed by atoms with Crippen molar-refractivity contribution in [1.82, 2.24) is 5.32 Å². The minimum Gasteiger partial charge on any atom is -0.353 e. The average Bonchev–Trinajstić information content (AvgIpc) is 2.37. The number of rotatable bonds is 6. The first-order valence-corrected chi connectivity index (χ1v) is 7.05. The number of benzene rings is 1. The molecule has 0 aliphatic rings. The number of carbonyl (C=O) groups excluding carboxylic acids is 1. The maximum absolute atomic E-state index is 11.7. The third-order valence-electron chi connectivity index (χ3n) is 2.98. The first kappa shape index (κ1) is 15.3. The van der Waals surface area contributed by atoms with Gasteiger partial charge in [-0.15, -0.1) is 0 Å². The Morgan fingerprint density at radius 1 is 1.22 bits per heavy atom. The second-order valence-electron chi connectivity index (χ2n) is 4.33. The summed E-state index contributed by atoms with van der Waals surface area (Å²) in [5.74, 6) is 0.0924. The molecule has 0 unspecified atom stereocenters. The molecule has 0 radical (unpaired) electrons. The van der Waals surface area contributed by atoms with Crippen molar-refractivity contribution in [2.45, 2.75) is 45.6 Å². The van der Waals surface area contributed by atoms with Gasteiger partial charge in [0.05, 0.1) is 10.0 Å². The van der Waals surface area contributed by atoms with E-state index < -0.39 is 0 Å². The highest BCUT2D eigenvalue weighted by molar-refractivity contribution is 6.42. The van der Waals surface area contributed by atoms with Gasteiger partial charge in [0, 0.05) is 12.5 Å². The second kappa shape index (κ2) is 7.65. The van der Waals surface area contributed by atoms with Crippen LogP contribution in [0.25, 0.3) is 0 Å². The van der Waals surface area contributed by atoms with E-state index in [-0.39, 0.29) is 11.9 Å². The van der Waals surface area contributed by atoms with E-state index in [0.717, 1.165) is 18.4 Å². The third kappa shape index (κ3) is 4.87. The molecule has 0 aromatic heterocycles. The molecule has 100 valence electrons. The number of hydrogen-bond acceptors (Lipinski definition) is 1. The average molecular weight is 288 g/mol. The van der Waals surface area contributed by atoms with Gasteiger partial charge in [-0.25, -0.2) is 0 Å². The Morgan fingerprint density at radius 2 is 1.89 bits per heavy atom. The van der Waals surface area contributed by atoms with E-state index >= 15 is 0 Å². The smallest absolute Gasteiger partial charge is 0.220 e. The summed E-state index contributed by atoms with van der Waals surface area (Å²) in [6.45, 7) is 4.15. The monoisotopic (exact) mass is 287 g/mol. The van der Waals surface area contributed by atoms with Crippen LogP contribution in [0.3, 0.4) is 0 Å². The van der Waals surface area contributed by atoms with Gasteiger partial charge in [-0.3, -0.25) is 4.79 Å². The lowest BCUT2D eigenvalue weighted by molar-refractivity contribution is -0.121. The van der Waals surface area contributed by atoms with Crippen molar-refractivity contribution in [3.63, 3.8) is 0 Å². The lowest BCUT2D eigenvalue weighted by Gasteiger charge is -2.14. The topological polar surface area (TPSA) is 29.1 Å². The fraction of sp³-hybridized carbons (Fsp3) is 0.500. The van der Waals surface area contributed by atoms with Gasteiger partial charge in [-0.1, -0.05) is 43.1 Å². The molecule has 0 aliphatic carbocycles. The van der Waals surface area contributed by atoms with Crippen LogP contribution in [0, 0.1) is 0 Å². The van der Waals surface area contributed by atoms with Crippen LogP contribution in [-0.2, 0) is 11.2 Å². The Balaban J connectivity index is 2.44. The van der Waals surface area contributed by atoms with E-state index in [1.54, 1.807) is 6.07 Å². The van der Waals surface area contributed by atoms with Gasteiger partial charge in [0.25, 0.3) is 0 Å². The third-order valence-corrected chi connectivity index (χ3v) is 3.71. The molecule has 1 rings (SSSR count). The Hall–Kier alpha value is -0.730. The summed E-state index contributed by atoms with van der Waals surface area (Å²) in [6.07, 6.45) is 3.10. The van der Waals surface area contributed by atoms with Gasteiger partial charge in [-0.2, -0.15) is 0 Å². The number of aryl methyl sites for hydroxylation is 1. The molecular weight excluding hydrogens is 269 g/mol. The lowest BCUT2D eigenvalue weighted by Crippen LogP contribution is -2.33. The molecule has 0 heterocycles. The van der Waals surface area contributed by atoms with E-state index in [1.165, 1.54) is 0 Å². The quantitative estimate of drug-likeness (QED) is 0.833. The molecule has 1 aromatic carbocycles. The number of carbonyl (C=O) groups is 1. The van der Waals surface area contributed by atoms with Crippen molar-refractivity contribution < 1.29 is 4.79 Å². The number of hydrogen-bond donors (Lipinski definition) is 1. The summed E-state index contributed by atoms with van der Waals surface area (Å²) in [6, 6.07) is 5.76. The number of nitrogens with one attached hydrogen (secondary N) is 1. The first-order valence-electron chi connectivity index (χ1n) is 6.30. The predicted octanol–water partition coefficient (Wildman–Crippen LogP) is 4.23. The number of halogens is 2. The van der Waals surface area contributed by atoms with Crippen molar-refractivity contribution in [2.75, 3.05) is 0 Å². The van der Waals surface area contributed by atoms with Gasteiger partial charge in [0.1, 0.15) is 0 Å². The highest BCUT2D eigenvalue weighted by atomic mass is 35.5. The molecule has 0 saturated carbocycles. The van der Waals surface area contributed by atoms with E-state index in [9.17, 15) is 4.79 Å². The van der Waals surface area contributed by atoms with Gasteiger partial charge >= 0.3 is 0 Å². The zero-order valence-corrected chi connectivity index (χ0v) is 12.3. The molecule has 0 aliphatic heterocycles. The molecule has 0 bridgehead atoms. The summed E-state index contributed by atoms with van der Waals surface area (Å²) >= 11 is 11.8. The minimum absolute atomic E-state index is 0.0924. The minimum atomic E-state index is 0.0924. The molecule has 0 saturated heterocycles.